The van der Waals surface area contributed by atoms with Gasteiger partial charge >= 0.3 is 0 Å². The summed E-state index contributed by atoms with van der Waals surface area (Å²) in [5.74, 6) is -0.0289. The number of rotatable bonds is 6. The second-order valence-corrected chi connectivity index (χ2v) is 8.82. The molecule has 2 rings (SSSR count). The zero-order valence-electron chi connectivity index (χ0n) is 15.9. The minimum absolute atomic E-state index is 0.0289. The monoisotopic (exact) mass is 340 g/mol. The van der Waals surface area contributed by atoms with Crippen molar-refractivity contribution in [3.8, 4) is 0 Å². The molecule has 0 unspecified atom stereocenters. The molecule has 2 aliphatic rings. The first-order chi connectivity index (χ1) is 11.2. The van der Waals surface area contributed by atoms with E-state index in [0.29, 0.717) is 6.42 Å². The molecule has 1 saturated carbocycles. The Morgan fingerprint density at radius 1 is 1.25 bits per heavy atom. The predicted octanol–water partition coefficient (Wildman–Crippen LogP) is 2.32. The number of morpholine rings is 1. The summed E-state index contributed by atoms with van der Waals surface area (Å²) in [6.45, 7) is 11.9. The molecule has 0 bridgehead atoms. The molecule has 1 aliphatic heterocycles. The summed E-state index contributed by atoms with van der Waals surface area (Å²) in [4.78, 5) is 14.9. The van der Waals surface area contributed by atoms with E-state index in [1.807, 2.05) is 0 Å². The lowest BCUT2D eigenvalue weighted by Gasteiger charge is -2.47. The molecule has 0 aromatic rings. The molecule has 1 amide bonds. The minimum atomic E-state index is -0.569. The second kappa shape index (κ2) is 8.15. The highest BCUT2D eigenvalue weighted by atomic mass is 16.5. The maximum atomic E-state index is 12.4. The van der Waals surface area contributed by atoms with Crippen molar-refractivity contribution < 1.29 is 14.6 Å². The highest BCUT2D eigenvalue weighted by Gasteiger charge is 2.45. The van der Waals surface area contributed by atoms with Crippen molar-refractivity contribution in [1.29, 1.82) is 0 Å². The number of hydrogen-bond donors (Lipinski definition) is 2. The zero-order valence-corrected chi connectivity index (χ0v) is 15.9. The van der Waals surface area contributed by atoms with Crippen molar-refractivity contribution in [1.82, 2.24) is 10.2 Å². The van der Waals surface area contributed by atoms with Gasteiger partial charge in [0.2, 0.25) is 5.91 Å². The average Bonchev–Trinajstić information content (AvgIpc) is 2.96. The topological polar surface area (TPSA) is 61.8 Å². The molecular formula is C19H36N2O3. The summed E-state index contributed by atoms with van der Waals surface area (Å²) in [6.07, 6.45) is 5.00. The summed E-state index contributed by atoms with van der Waals surface area (Å²) < 4.78 is 5.50. The van der Waals surface area contributed by atoms with Crippen LogP contribution in [0.4, 0.5) is 0 Å². The Labute approximate surface area is 147 Å². The maximum absolute atomic E-state index is 12.4. The molecule has 0 aromatic carbocycles. The summed E-state index contributed by atoms with van der Waals surface area (Å²) in [7, 11) is 0. The van der Waals surface area contributed by atoms with Crippen molar-refractivity contribution >= 4 is 5.91 Å². The van der Waals surface area contributed by atoms with Crippen LogP contribution >= 0.6 is 0 Å². The minimum Gasteiger partial charge on any atom is -0.393 e. The molecule has 2 atom stereocenters. The van der Waals surface area contributed by atoms with E-state index in [9.17, 15) is 9.90 Å². The fraction of sp³-hybridized carbons (Fsp3) is 0.947. The fourth-order valence-corrected chi connectivity index (χ4v) is 4.45. The van der Waals surface area contributed by atoms with Gasteiger partial charge in [-0.2, -0.15) is 0 Å². The lowest BCUT2D eigenvalue weighted by Crippen LogP contribution is -2.62. The number of aliphatic hydroxyl groups is 1. The van der Waals surface area contributed by atoms with Gasteiger partial charge in [-0.15, -0.1) is 0 Å². The summed E-state index contributed by atoms with van der Waals surface area (Å²) >= 11 is 0. The Morgan fingerprint density at radius 3 is 2.38 bits per heavy atom. The van der Waals surface area contributed by atoms with Crippen LogP contribution in [0.3, 0.4) is 0 Å². The Kier molecular flexibility index (Phi) is 6.68. The zero-order chi connectivity index (χ0) is 17.8. The van der Waals surface area contributed by atoms with Crippen molar-refractivity contribution in [2.24, 2.45) is 5.41 Å². The van der Waals surface area contributed by atoms with Gasteiger partial charge in [0, 0.05) is 24.7 Å². The molecule has 24 heavy (non-hydrogen) atoms. The van der Waals surface area contributed by atoms with Gasteiger partial charge in [-0.05, 0) is 31.6 Å². The highest BCUT2D eigenvalue weighted by Crippen LogP contribution is 2.38. The highest BCUT2D eigenvalue weighted by molar-refractivity contribution is 5.76. The Bertz CT molecular complexity index is 407. The van der Waals surface area contributed by atoms with Crippen LogP contribution in [0.5, 0.6) is 0 Å². The summed E-state index contributed by atoms with van der Waals surface area (Å²) in [5, 5.41) is 13.4. The van der Waals surface area contributed by atoms with Crippen LogP contribution in [0.15, 0.2) is 0 Å². The van der Waals surface area contributed by atoms with Gasteiger partial charge in [0.25, 0.3) is 0 Å². The number of ether oxygens (including phenoxy) is 1. The molecule has 0 radical (unpaired) electrons. The third kappa shape index (κ3) is 5.17. The van der Waals surface area contributed by atoms with Crippen LogP contribution in [-0.2, 0) is 9.53 Å². The normalized spacial score (nSPS) is 24.5. The second-order valence-electron chi connectivity index (χ2n) is 8.82. The number of hydrogen-bond acceptors (Lipinski definition) is 4. The first-order valence-electron chi connectivity index (χ1n) is 9.53. The van der Waals surface area contributed by atoms with E-state index in [2.05, 4.69) is 37.9 Å². The van der Waals surface area contributed by atoms with Crippen molar-refractivity contribution in [2.75, 3.05) is 26.3 Å². The molecule has 5 heteroatoms. The largest absolute Gasteiger partial charge is 0.393 e. The molecule has 2 N–H and O–H groups in total. The van der Waals surface area contributed by atoms with Gasteiger partial charge in [-0.3, -0.25) is 9.69 Å². The molecule has 0 aromatic heterocycles. The van der Waals surface area contributed by atoms with Gasteiger partial charge in [-0.1, -0.05) is 33.6 Å². The number of nitrogens with one attached hydrogen (secondary N) is 1. The maximum Gasteiger partial charge on any atom is 0.222 e. The molecule has 2 fully saturated rings. The van der Waals surface area contributed by atoms with Crippen LogP contribution in [0, 0.1) is 5.41 Å². The quantitative estimate of drug-likeness (QED) is 0.779. The first kappa shape index (κ1) is 19.7. The van der Waals surface area contributed by atoms with Crippen molar-refractivity contribution in [3.05, 3.63) is 0 Å². The Balaban J connectivity index is 1.93. The van der Waals surface area contributed by atoms with E-state index in [4.69, 9.17) is 4.74 Å². The molecule has 1 aliphatic carbocycles. The fourth-order valence-electron chi connectivity index (χ4n) is 4.45. The lowest BCUT2D eigenvalue weighted by molar-refractivity contribution is -0.125. The van der Waals surface area contributed by atoms with Crippen LogP contribution < -0.4 is 5.32 Å². The number of amides is 1. The molecule has 5 nitrogen and oxygen atoms in total. The van der Waals surface area contributed by atoms with Gasteiger partial charge in [0.1, 0.15) is 0 Å². The van der Waals surface area contributed by atoms with E-state index in [-0.39, 0.29) is 29.3 Å². The number of aliphatic hydroxyl groups excluding tert-OH is 1. The molecule has 1 heterocycles. The van der Waals surface area contributed by atoms with E-state index in [1.165, 1.54) is 12.8 Å². The van der Waals surface area contributed by atoms with E-state index in [1.54, 1.807) is 0 Å². The molecule has 0 spiro atoms. The van der Waals surface area contributed by atoms with E-state index < -0.39 is 6.10 Å². The molecular weight excluding hydrogens is 304 g/mol. The van der Waals surface area contributed by atoms with Crippen LogP contribution in [0.2, 0.25) is 0 Å². The number of carbonyl (C=O) groups excluding carboxylic acids is 1. The Morgan fingerprint density at radius 2 is 1.83 bits per heavy atom. The Hall–Kier alpha value is -0.650. The lowest BCUT2D eigenvalue weighted by atomic mass is 9.86. The van der Waals surface area contributed by atoms with Crippen LogP contribution in [0.25, 0.3) is 0 Å². The number of nitrogens with zero attached hydrogens (tertiary/aromatic N) is 1. The summed E-state index contributed by atoms with van der Waals surface area (Å²) in [5.41, 5.74) is 0.0974. The summed E-state index contributed by atoms with van der Waals surface area (Å²) in [6, 6.07) is 0.104. The molecule has 140 valence electrons. The van der Waals surface area contributed by atoms with Crippen LogP contribution in [0.1, 0.15) is 66.2 Å². The van der Waals surface area contributed by atoms with Gasteiger partial charge in [-0.25, -0.2) is 0 Å². The first-order valence-corrected chi connectivity index (χ1v) is 9.53. The van der Waals surface area contributed by atoms with E-state index in [0.717, 1.165) is 39.1 Å². The predicted molar refractivity (Wildman–Crippen MR) is 95.9 cm³/mol. The molecule has 1 saturated heterocycles. The van der Waals surface area contributed by atoms with Crippen LogP contribution in [-0.4, -0.2) is 59.9 Å². The smallest absolute Gasteiger partial charge is 0.222 e. The average molecular weight is 341 g/mol. The standard InChI is InChI=1S/C19H36N2O3/c1-15(20-17(23)13-16(22)14-18(2,3)4)19(7-5-6-8-19)21-9-11-24-12-10-21/h15-16,22H,5-14H2,1-4H3,(H,20,23)/t15-,16+/m1/s1. The van der Waals surface area contributed by atoms with Gasteiger partial charge in [0.05, 0.1) is 25.7 Å². The van der Waals surface area contributed by atoms with E-state index >= 15 is 0 Å². The third-order valence-corrected chi connectivity index (χ3v) is 5.56. The van der Waals surface area contributed by atoms with Gasteiger partial charge in [0.15, 0.2) is 0 Å². The van der Waals surface area contributed by atoms with Crippen molar-refractivity contribution in [3.63, 3.8) is 0 Å². The van der Waals surface area contributed by atoms with Gasteiger partial charge < -0.3 is 15.2 Å². The third-order valence-electron chi connectivity index (χ3n) is 5.56. The van der Waals surface area contributed by atoms with Crippen molar-refractivity contribution in [2.45, 2.75) is 83.9 Å². The SMILES string of the molecule is C[C@@H](NC(=O)C[C@H](O)CC(C)(C)C)C1(N2CCOCC2)CCCC1. The number of carbonyl (C=O) groups is 1.